The number of hydrogen-bond acceptors (Lipinski definition) is 6. The number of amides is 3. The first-order valence-corrected chi connectivity index (χ1v) is 11.7. The summed E-state index contributed by atoms with van der Waals surface area (Å²) in [6, 6.07) is 18.2. The molecular formula is C25H25Cl2N5O4. The van der Waals surface area contributed by atoms with Gasteiger partial charge < -0.3 is 21.7 Å². The van der Waals surface area contributed by atoms with Crippen molar-refractivity contribution in [2.24, 2.45) is 5.73 Å². The second kappa shape index (κ2) is 13.0. The van der Waals surface area contributed by atoms with Crippen molar-refractivity contribution in [1.82, 2.24) is 16.1 Å². The van der Waals surface area contributed by atoms with Gasteiger partial charge in [-0.15, -0.1) is 0 Å². The normalized spacial score (nSPS) is 11.4. The summed E-state index contributed by atoms with van der Waals surface area (Å²) in [5.74, 6) is -1.49. The lowest BCUT2D eigenvalue weighted by atomic mass is 10.0. The smallest absolute Gasteiger partial charge is 0.267 e. The van der Waals surface area contributed by atoms with Crippen molar-refractivity contribution in [3.8, 4) is 11.1 Å². The molecule has 11 heteroatoms. The van der Waals surface area contributed by atoms with Gasteiger partial charge in [0.25, 0.3) is 11.8 Å². The third-order valence-corrected chi connectivity index (χ3v) is 5.59. The molecule has 36 heavy (non-hydrogen) atoms. The number of carbonyl (C=O) groups excluding carboxylic acids is 3. The summed E-state index contributed by atoms with van der Waals surface area (Å²) in [6.45, 7) is 0.397. The Hall–Kier alpha value is -3.47. The highest BCUT2D eigenvalue weighted by Gasteiger charge is 2.19. The van der Waals surface area contributed by atoms with E-state index in [0.29, 0.717) is 27.8 Å². The topological polar surface area (TPSA) is 146 Å². The van der Waals surface area contributed by atoms with E-state index in [9.17, 15) is 14.4 Å². The van der Waals surface area contributed by atoms with Gasteiger partial charge in [-0.25, -0.2) is 5.48 Å². The number of hydrogen-bond donors (Lipinski definition) is 6. The maximum Gasteiger partial charge on any atom is 0.267 e. The zero-order chi connectivity index (χ0) is 26.1. The Kier molecular flexibility index (Phi) is 9.80. The lowest BCUT2D eigenvalue weighted by molar-refractivity contribution is -0.130. The molecule has 0 saturated carbocycles. The van der Waals surface area contributed by atoms with Crippen molar-refractivity contribution in [1.29, 1.82) is 0 Å². The number of nitrogens with two attached hydrogens (primary N) is 1. The molecule has 0 spiro atoms. The minimum Gasteiger partial charge on any atom is -0.339 e. The van der Waals surface area contributed by atoms with E-state index in [4.69, 9.17) is 34.1 Å². The Balaban J connectivity index is 1.52. The number of anilines is 1. The first kappa shape index (κ1) is 27.1. The molecule has 0 saturated heterocycles. The summed E-state index contributed by atoms with van der Waals surface area (Å²) in [5, 5.41) is 18.1. The van der Waals surface area contributed by atoms with Crippen molar-refractivity contribution in [3.63, 3.8) is 0 Å². The predicted octanol–water partition coefficient (Wildman–Crippen LogP) is 2.95. The van der Waals surface area contributed by atoms with E-state index in [-0.39, 0.29) is 19.0 Å². The number of carbonyl (C=O) groups is 3. The summed E-state index contributed by atoms with van der Waals surface area (Å²) in [4.78, 5) is 36.1. The van der Waals surface area contributed by atoms with Crippen molar-refractivity contribution < 1.29 is 19.6 Å². The van der Waals surface area contributed by atoms with Crippen LogP contribution in [-0.4, -0.2) is 42.1 Å². The van der Waals surface area contributed by atoms with Crippen LogP contribution in [0.15, 0.2) is 66.7 Å². The van der Waals surface area contributed by atoms with Crippen molar-refractivity contribution >= 4 is 46.6 Å². The molecule has 0 radical (unpaired) electrons. The van der Waals surface area contributed by atoms with Crippen molar-refractivity contribution in [3.05, 3.63) is 87.9 Å². The molecule has 7 N–H and O–H groups in total. The van der Waals surface area contributed by atoms with E-state index >= 15 is 0 Å². The standard InChI is InChI=1S/C25H25Cl2N5O4/c26-19-9-15(10-20(27)11-19)13-29-14-23(33)30-21-7-5-17(6-8-21)16-1-3-18(4-2-16)24(34)31-22(12-28)25(35)32-36/h1-11,22,29,36H,12-14,28H2,(H,30,33)(H,31,34)(H,32,35)/t22-/m0/s1. The highest BCUT2D eigenvalue weighted by atomic mass is 35.5. The van der Waals surface area contributed by atoms with Crippen LogP contribution in [0.5, 0.6) is 0 Å². The van der Waals surface area contributed by atoms with Crippen LogP contribution in [0.4, 0.5) is 5.69 Å². The van der Waals surface area contributed by atoms with Gasteiger partial charge in [-0.2, -0.15) is 0 Å². The summed E-state index contributed by atoms with van der Waals surface area (Å²) in [6.07, 6.45) is 0. The zero-order valence-corrected chi connectivity index (χ0v) is 20.6. The first-order chi connectivity index (χ1) is 17.3. The number of benzene rings is 3. The fourth-order valence-corrected chi connectivity index (χ4v) is 3.92. The van der Waals surface area contributed by atoms with E-state index in [0.717, 1.165) is 16.7 Å². The van der Waals surface area contributed by atoms with E-state index in [1.807, 2.05) is 12.1 Å². The van der Waals surface area contributed by atoms with E-state index in [1.165, 1.54) is 5.48 Å². The van der Waals surface area contributed by atoms with Crippen LogP contribution in [0.1, 0.15) is 15.9 Å². The molecule has 3 aromatic carbocycles. The highest BCUT2D eigenvalue weighted by molar-refractivity contribution is 6.34. The Morgan fingerprint density at radius 3 is 2.03 bits per heavy atom. The summed E-state index contributed by atoms with van der Waals surface area (Å²) >= 11 is 12.0. The lowest BCUT2D eigenvalue weighted by Gasteiger charge is -2.14. The maximum absolute atomic E-state index is 12.3. The quantitative estimate of drug-likeness (QED) is 0.176. The third-order valence-electron chi connectivity index (χ3n) is 5.15. The molecule has 0 aliphatic heterocycles. The number of rotatable bonds is 10. The predicted molar refractivity (Wildman–Crippen MR) is 139 cm³/mol. The molecular weight excluding hydrogens is 505 g/mol. The van der Waals surface area contributed by atoms with Gasteiger partial charge in [0.1, 0.15) is 6.04 Å². The highest BCUT2D eigenvalue weighted by Crippen LogP contribution is 2.22. The molecule has 188 valence electrons. The van der Waals surface area contributed by atoms with Gasteiger partial charge in [-0.05, 0) is 59.2 Å². The van der Waals surface area contributed by atoms with E-state index < -0.39 is 17.9 Å². The van der Waals surface area contributed by atoms with Crippen LogP contribution in [0.3, 0.4) is 0 Å². The summed E-state index contributed by atoms with van der Waals surface area (Å²) in [7, 11) is 0. The zero-order valence-electron chi connectivity index (χ0n) is 19.1. The Morgan fingerprint density at radius 1 is 0.889 bits per heavy atom. The Morgan fingerprint density at radius 2 is 1.47 bits per heavy atom. The van der Waals surface area contributed by atoms with Gasteiger partial charge in [0.05, 0.1) is 6.54 Å². The second-order valence-corrected chi connectivity index (χ2v) is 8.69. The molecule has 0 aliphatic carbocycles. The van der Waals surface area contributed by atoms with Crippen molar-refractivity contribution in [2.45, 2.75) is 12.6 Å². The molecule has 0 heterocycles. The van der Waals surface area contributed by atoms with Gasteiger partial charge >= 0.3 is 0 Å². The van der Waals surface area contributed by atoms with Crippen LogP contribution in [0.25, 0.3) is 11.1 Å². The SMILES string of the molecule is NC[C@H](NC(=O)c1ccc(-c2ccc(NC(=O)CNCc3cc(Cl)cc(Cl)c3)cc2)cc1)C(=O)NO. The molecule has 3 aromatic rings. The molecule has 1 atom stereocenters. The van der Waals surface area contributed by atoms with E-state index in [1.54, 1.807) is 54.6 Å². The van der Waals surface area contributed by atoms with Gasteiger partial charge in [0.2, 0.25) is 5.91 Å². The van der Waals surface area contributed by atoms with Gasteiger partial charge in [0.15, 0.2) is 0 Å². The van der Waals surface area contributed by atoms with Crippen LogP contribution in [0, 0.1) is 0 Å². The molecule has 0 aliphatic rings. The maximum atomic E-state index is 12.3. The van der Waals surface area contributed by atoms with Crippen LogP contribution < -0.4 is 27.2 Å². The van der Waals surface area contributed by atoms with Gasteiger partial charge in [-0.1, -0.05) is 47.5 Å². The van der Waals surface area contributed by atoms with Crippen LogP contribution in [0.2, 0.25) is 10.0 Å². The second-order valence-electron chi connectivity index (χ2n) is 7.82. The average Bonchev–Trinajstić information content (AvgIpc) is 2.86. The summed E-state index contributed by atoms with van der Waals surface area (Å²) < 4.78 is 0. The Labute approximate surface area is 217 Å². The molecule has 0 unspecified atom stereocenters. The number of hydroxylamine groups is 1. The fourth-order valence-electron chi connectivity index (χ4n) is 3.35. The largest absolute Gasteiger partial charge is 0.339 e. The fraction of sp³-hybridized carbons (Fsp3) is 0.160. The van der Waals surface area contributed by atoms with E-state index in [2.05, 4.69) is 16.0 Å². The van der Waals surface area contributed by atoms with Gasteiger partial charge in [0, 0.05) is 34.4 Å². The molecule has 0 aromatic heterocycles. The summed E-state index contributed by atoms with van der Waals surface area (Å²) in [5.41, 5.74) is 10.5. The molecule has 0 fully saturated rings. The molecule has 3 amide bonds. The Bertz CT molecular complexity index is 1200. The molecule has 0 bridgehead atoms. The monoisotopic (exact) mass is 529 g/mol. The lowest BCUT2D eigenvalue weighted by Crippen LogP contribution is -2.50. The van der Waals surface area contributed by atoms with Crippen molar-refractivity contribution in [2.75, 3.05) is 18.4 Å². The number of halogens is 2. The molecule has 3 rings (SSSR count). The van der Waals surface area contributed by atoms with Crippen LogP contribution >= 0.6 is 23.2 Å². The third kappa shape index (κ3) is 7.77. The van der Waals surface area contributed by atoms with Gasteiger partial charge in [-0.3, -0.25) is 19.6 Å². The van der Waals surface area contributed by atoms with Crippen LogP contribution in [-0.2, 0) is 16.1 Å². The minimum atomic E-state index is -1.05. The average molecular weight is 530 g/mol. The number of nitrogens with one attached hydrogen (secondary N) is 4. The molecule has 9 nitrogen and oxygen atoms in total. The first-order valence-electron chi connectivity index (χ1n) is 10.9. The minimum absolute atomic E-state index is 0.111.